The first-order valence-electron chi connectivity index (χ1n) is 10.5. The van der Waals surface area contributed by atoms with Gasteiger partial charge in [0.15, 0.2) is 0 Å². The zero-order chi connectivity index (χ0) is 19.6. The number of rotatable bonds is 6. The minimum absolute atomic E-state index is 0.296. The number of benzene rings is 1. The average Bonchev–Trinajstić information content (AvgIpc) is 3.03. The van der Waals surface area contributed by atoms with Gasteiger partial charge in [-0.15, -0.1) is 0 Å². The average molecular weight is 366 g/mol. The quantitative estimate of drug-likeness (QED) is 0.649. The van der Waals surface area contributed by atoms with Gasteiger partial charge < -0.3 is 9.80 Å². The second-order valence-electron chi connectivity index (χ2n) is 9.28. The van der Waals surface area contributed by atoms with E-state index in [2.05, 4.69) is 68.3 Å². The maximum atomic E-state index is 9.02. The van der Waals surface area contributed by atoms with Crippen molar-refractivity contribution in [1.29, 1.82) is 5.26 Å². The van der Waals surface area contributed by atoms with Crippen molar-refractivity contribution in [3.63, 3.8) is 0 Å². The largest absolute Gasteiger partial charge is 0.371 e. The normalized spacial score (nSPS) is 24.8. The van der Waals surface area contributed by atoms with Gasteiger partial charge in [0.2, 0.25) is 0 Å². The zero-order valence-corrected chi connectivity index (χ0v) is 17.6. The van der Waals surface area contributed by atoms with Crippen molar-refractivity contribution in [2.24, 2.45) is 11.3 Å². The number of nitrogens with zero attached hydrogens (tertiary/aromatic N) is 3. The maximum Gasteiger partial charge on any atom is 0.0745 e. The van der Waals surface area contributed by atoms with Gasteiger partial charge in [0.1, 0.15) is 0 Å². The Balaban J connectivity index is 1.79. The second-order valence-corrected chi connectivity index (χ2v) is 9.28. The van der Waals surface area contributed by atoms with Crippen LogP contribution in [0.15, 0.2) is 30.5 Å². The summed E-state index contributed by atoms with van der Waals surface area (Å²) in [6.45, 7) is 16.8. The highest BCUT2D eigenvalue weighted by Crippen LogP contribution is 2.42. The van der Waals surface area contributed by atoms with Crippen LogP contribution in [0.1, 0.15) is 70.5 Å². The van der Waals surface area contributed by atoms with Gasteiger partial charge in [-0.05, 0) is 54.7 Å². The van der Waals surface area contributed by atoms with E-state index in [1.165, 1.54) is 49.2 Å². The molecule has 0 aliphatic carbocycles. The lowest BCUT2D eigenvalue weighted by Gasteiger charge is -2.39. The van der Waals surface area contributed by atoms with Crippen LogP contribution in [-0.4, -0.2) is 24.5 Å². The van der Waals surface area contributed by atoms with E-state index < -0.39 is 0 Å². The molecule has 2 heterocycles. The number of hydrogen-bond donors (Lipinski definition) is 0. The SMILES string of the molecule is C=C(CC#N)N1CCc2c(cccc2N2CCC(C)(CCC(C)C)C2)C1C. The van der Waals surface area contributed by atoms with Crippen LogP contribution in [0.25, 0.3) is 0 Å². The van der Waals surface area contributed by atoms with Crippen LogP contribution in [0.3, 0.4) is 0 Å². The fraction of sp³-hybridized carbons (Fsp3) is 0.625. The first-order chi connectivity index (χ1) is 12.8. The van der Waals surface area contributed by atoms with E-state index in [9.17, 15) is 0 Å². The van der Waals surface area contributed by atoms with Crippen LogP contribution < -0.4 is 4.90 Å². The molecule has 3 heteroatoms. The predicted octanol–water partition coefficient (Wildman–Crippen LogP) is 5.69. The molecule has 1 saturated heterocycles. The van der Waals surface area contributed by atoms with Gasteiger partial charge in [-0.3, -0.25) is 0 Å². The van der Waals surface area contributed by atoms with Crippen LogP contribution in [0.5, 0.6) is 0 Å². The summed E-state index contributed by atoms with van der Waals surface area (Å²) < 4.78 is 0. The maximum absolute atomic E-state index is 9.02. The number of nitriles is 1. The summed E-state index contributed by atoms with van der Waals surface area (Å²) in [6.07, 6.45) is 5.40. The van der Waals surface area contributed by atoms with Gasteiger partial charge in [0.05, 0.1) is 18.5 Å². The third-order valence-electron chi connectivity index (χ3n) is 6.62. The van der Waals surface area contributed by atoms with Gasteiger partial charge in [-0.2, -0.15) is 5.26 Å². The van der Waals surface area contributed by atoms with E-state index in [0.717, 1.165) is 24.6 Å². The Kier molecular flexibility index (Phi) is 5.84. The Bertz CT molecular complexity index is 730. The Morgan fingerprint density at radius 1 is 1.37 bits per heavy atom. The highest BCUT2D eigenvalue weighted by atomic mass is 15.2. The molecule has 0 radical (unpaired) electrons. The topological polar surface area (TPSA) is 30.3 Å². The van der Waals surface area contributed by atoms with Crippen LogP contribution in [0.4, 0.5) is 5.69 Å². The fourth-order valence-electron chi connectivity index (χ4n) is 4.84. The van der Waals surface area contributed by atoms with Crippen LogP contribution in [-0.2, 0) is 6.42 Å². The smallest absolute Gasteiger partial charge is 0.0745 e. The molecule has 1 aromatic carbocycles. The summed E-state index contributed by atoms with van der Waals surface area (Å²) in [5.41, 5.74) is 5.76. The van der Waals surface area contributed by atoms with E-state index in [1.54, 1.807) is 0 Å². The van der Waals surface area contributed by atoms with Crippen molar-refractivity contribution < 1.29 is 0 Å². The number of hydrogen-bond acceptors (Lipinski definition) is 3. The van der Waals surface area contributed by atoms with Crippen molar-refractivity contribution in [1.82, 2.24) is 4.90 Å². The molecule has 3 nitrogen and oxygen atoms in total. The fourth-order valence-corrected chi connectivity index (χ4v) is 4.84. The Labute approximate surface area is 165 Å². The van der Waals surface area contributed by atoms with Gasteiger partial charge >= 0.3 is 0 Å². The molecule has 0 N–H and O–H groups in total. The van der Waals surface area contributed by atoms with Gasteiger partial charge in [0.25, 0.3) is 0 Å². The van der Waals surface area contributed by atoms with E-state index in [1.807, 2.05) is 0 Å². The van der Waals surface area contributed by atoms with Gasteiger partial charge in [-0.25, -0.2) is 0 Å². The Morgan fingerprint density at radius 3 is 2.85 bits per heavy atom. The van der Waals surface area contributed by atoms with Gasteiger partial charge in [-0.1, -0.05) is 45.9 Å². The summed E-state index contributed by atoms with van der Waals surface area (Å²) in [4.78, 5) is 4.94. The van der Waals surface area contributed by atoms with Gasteiger partial charge in [0, 0.05) is 31.0 Å². The first kappa shape index (κ1) is 19.8. The number of anilines is 1. The lowest BCUT2D eigenvalue weighted by Crippen LogP contribution is -2.34. The lowest BCUT2D eigenvalue weighted by atomic mass is 9.82. The highest BCUT2D eigenvalue weighted by molar-refractivity contribution is 5.59. The summed E-state index contributed by atoms with van der Waals surface area (Å²) in [6, 6.07) is 9.34. The molecular weight excluding hydrogens is 330 g/mol. The molecule has 2 unspecified atom stereocenters. The van der Waals surface area contributed by atoms with E-state index >= 15 is 0 Å². The molecule has 2 atom stereocenters. The standard InChI is InChI=1S/C24H35N3/c1-18(2)9-12-24(5)13-16-26(17-24)23-8-6-7-21-20(4)27(15-11-22(21)23)19(3)10-14-25/h6-8,18,20H,3,9-13,15-17H2,1-2,4-5H3. The monoisotopic (exact) mass is 365 g/mol. The molecule has 27 heavy (non-hydrogen) atoms. The summed E-state index contributed by atoms with van der Waals surface area (Å²) >= 11 is 0. The third kappa shape index (κ3) is 4.15. The molecule has 0 aromatic heterocycles. The van der Waals surface area contributed by atoms with Crippen molar-refractivity contribution in [2.45, 2.75) is 65.8 Å². The molecule has 1 fully saturated rings. The van der Waals surface area contributed by atoms with E-state index in [-0.39, 0.29) is 0 Å². The third-order valence-corrected chi connectivity index (χ3v) is 6.62. The van der Waals surface area contributed by atoms with Crippen LogP contribution >= 0.6 is 0 Å². The molecular formula is C24H35N3. The molecule has 0 amide bonds. The van der Waals surface area contributed by atoms with Crippen molar-refractivity contribution >= 4 is 5.69 Å². The Hall–Kier alpha value is -1.95. The van der Waals surface area contributed by atoms with E-state index in [4.69, 9.17) is 5.26 Å². The molecule has 3 rings (SSSR count). The molecule has 2 aliphatic heterocycles. The molecule has 1 aromatic rings. The van der Waals surface area contributed by atoms with Crippen molar-refractivity contribution in [3.8, 4) is 6.07 Å². The van der Waals surface area contributed by atoms with E-state index in [0.29, 0.717) is 17.9 Å². The molecule has 0 saturated carbocycles. The lowest BCUT2D eigenvalue weighted by molar-refractivity contribution is 0.254. The summed E-state index contributed by atoms with van der Waals surface area (Å²) in [5, 5.41) is 9.02. The minimum atomic E-state index is 0.296. The number of fused-ring (bicyclic) bond motifs is 1. The van der Waals surface area contributed by atoms with Crippen LogP contribution in [0.2, 0.25) is 0 Å². The molecule has 146 valence electrons. The zero-order valence-electron chi connectivity index (χ0n) is 17.6. The second kappa shape index (κ2) is 7.97. The minimum Gasteiger partial charge on any atom is -0.371 e. The molecule has 0 spiro atoms. The molecule has 2 aliphatic rings. The first-order valence-corrected chi connectivity index (χ1v) is 10.5. The Morgan fingerprint density at radius 2 is 2.15 bits per heavy atom. The van der Waals surface area contributed by atoms with Crippen LogP contribution in [0, 0.1) is 22.7 Å². The predicted molar refractivity (Wildman–Crippen MR) is 114 cm³/mol. The van der Waals surface area contributed by atoms with Crippen molar-refractivity contribution in [2.75, 3.05) is 24.5 Å². The summed E-state index contributed by atoms with van der Waals surface area (Å²) in [7, 11) is 0. The summed E-state index contributed by atoms with van der Waals surface area (Å²) in [5.74, 6) is 0.786. The number of allylic oxidation sites excluding steroid dienone is 1. The molecule has 0 bridgehead atoms. The highest BCUT2D eigenvalue weighted by Gasteiger charge is 2.35. The van der Waals surface area contributed by atoms with Crippen molar-refractivity contribution in [3.05, 3.63) is 41.6 Å².